The summed E-state index contributed by atoms with van der Waals surface area (Å²) in [4.78, 5) is 17.1. The van der Waals surface area contributed by atoms with E-state index in [9.17, 15) is 4.79 Å². The van der Waals surface area contributed by atoms with Gasteiger partial charge in [-0.05, 0) is 47.7 Å². The van der Waals surface area contributed by atoms with Gasteiger partial charge in [0.25, 0.3) is 5.91 Å². The Labute approximate surface area is 181 Å². The summed E-state index contributed by atoms with van der Waals surface area (Å²) in [5.74, 6) is 0.898. The number of benzene rings is 2. The van der Waals surface area contributed by atoms with Gasteiger partial charge in [-0.25, -0.2) is 9.67 Å². The summed E-state index contributed by atoms with van der Waals surface area (Å²) in [6.07, 6.45) is 0. The van der Waals surface area contributed by atoms with Crippen LogP contribution in [0, 0.1) is 0 Å². The van der Waals surface area contributed by atoms with Crippen molar-refractivity contribution in [3.8, 4) is 17.0 Å². The molecule has 0 aliphatic rings. The van der Waals surface area contributed by atoms with Gasteiger partial charge in [-0.15, -0.1) is 16.4 Å². The molecule has 1 N–H and O–H groups in total. The number of thiazole rings is 1. The molecule has 0 saturated heterocycles. The molecule has 0 atom stereocenters. The molecule has 152 valence electrons. The number of carbonyl (C=O) groups is 1. The fraction of sp³-hybridized carbons (Fsp3) is 0.150. The lowest BCUT2D eigenvalue weighted by Gasteiger charge is -2.07. The second-order valence-electron chi connectivity index (χ2n) is 6.23. The molecule has 8 nitrogen and oxygen atoms in total. The summed E-state index contributed by atoms with van der Waals surface area (Å²) in [6.45, 7) is 2.81. The molecule has 4 rings (SSSR count). The third kappa shape index (κ3) is 4.64. The molecule has 4 aromatic rings. The van der Waals surface area contributed by atoms with E-state index in [1.165, 1.54) is 11.3 Å². The Hall–Kier alpha value is -3.30. The minimum Gasteiger partial charge on any atom is -0.486 e. The number of aryl methyl sites for hydroxylation is 1. The van der Waals surface area contributed by atoms with E-state index in [0.717, 1.165) is 11.3 Å². The highest BCUT2D eigenvalue weighted by atomic mass is 35.5. The lowest BCUT2D eigenvalue weighted by molar-refractivity contribution is 0.102. The van der Waals surface area contributed by atoms with Gasteiger partial charge in [-0.2, -0.15) is 0 Å². The van der Waals surface area contributed by atoms with Crippen molar-refractivity contribution in [2.75, 3.05) is 5.32 Å². The van der Waals surface area contributed by atoms with E-state index in [1.807, 2.05) is 24.4 Å². The molecular weight excluding hydrogens is 424 g/mol. The summed E-state index contributed by atoms with van der Waals surface area (Å²) in [5, 5.41) is 17.3. The monoisotopic (exact) mass is 440 g/mol. The largest absolute Gasteiger partial charge is 0.486 e. The zero-order valence-electron chi connectivity index (χ0n) is 15.9. The van der Waals surface area contributed by atoms with Crippen LogP contribution >= 0.6 is 22.9 Å². The molecule has 0 saturated carbocycles. The number of anilines is 1. The maximum absolute atomic E-state index is 12.6. The van der Waals surface area contributed by atoms with Crippen LogP contribution in [-0.2, 0) is 13.2 Å². The Morgan fingerprint density at radius 2 is 2.07 bits per heavy atom. The van der Waals surface area contributed by atoms with E-state index in [-0.39, 0.29) is 12.5 Å². The predicted octanol–water partition coefficient (Wildman–Crippen LogP) is 4.30. The Morgan fingerprint density at radius 3 is 2.87 bits per heavy atom. The van der Waals surface area contributed by atoms with E-state index < -0.39 is 0 Å². The third-order valence-corrected chi connectivity index (χ3v) is 5.24. The fourth-order valence-corrected chi connectivity index (χ4v) is 3.54. The number of hydrogen-bond donors (Lipinski definition) is 1. The molecule has 2 aromatic carbocycles. The molecule has 0 aliphatic carbocycles. The van der Waals surface area contributed by atoms with Gasteiger partial charge in [0.2, 0.25) is 0 Å². The highest BCUT2D eigenvalue weighted by Crippen LogP contribution is 2.26. The average molecular weight is 441 g/mol. The number of nitrogens with zero attached hydrogens (tertiary/aromatic N) is 5. The predicted molar refractivity (Wildman–Crippen MR) is 115 cm³/mol. The average Bonchev–Trinajstić information content (AvgIpc) is 3.42. The number of hydrogen-bond acceptors (Lipinski definition) is 7. The second-order valence-corrected chi connectivity index (χ2v) is 7.52. The molecule has 0 bridgehead atoms. The Bertz CT molecular complexity index is 1160. The molecule has 2 aromatic heterocycles. The molecule has 0 aliphatic heterocycles. The summed E-state index contributed by atoms with van der Waals surface area (Å²) >= 11 is 7.28. The first-order chi connectivity index (χ1) is 14.6. The SMILES string of the molecule is CCn1nnnc1COc1cccc(C(=O)Nc2nc(-c3ccc(Cl)cc3)cs2)c1. The first-order valence-corrected chi connectivity index (χ1v) is 10.4. The molecule has 2 heterocycles. The highest BCUT2D eigenvalue weighted by molar-refractivity contribution is 7.14. The minimum atomic E-state index is -0.268. The number of amides is 1. The van der Waals surface area contributed by atoms with Crippen LogP contribution in [0.4, 0.5) is 5.13 Å². The number of aromatic nitrogens is 5. The van der Waals surface area contributed by atoms with Crippen LogP contribution in [0.15, 0.2) is 53.9 Å². The van der Waals surface area contributed by atoms with E-state index in [2.05, 4.69) is 25.8 Å². The summed E-state index contributed by atoms with van der Waals surface area (Å²) < 4.78 is 7.39. The van der Waals surface area contributed by atoms with Gasteiger partial charge in [-0.1, -0.05) is 29.8 Å². The second kappa shape index (κ2) is 9.02. The molecule has 0 radical (unpaired) electrons. The van der Waals surface area contributed by atoms with Crippen molar-refractivity contribution in [2.45, 2.75) is 20.1 Å². The Kier molecular flexibility index (Phi) is 6.01. The summed E-state index contributed by atoms with van der Waals surface area (Å²) in [7, 11) is 0. The van der Waals surface area contributed by atoms with Crippen molar-refractivity contribution < 1.29 is 9.53 Å². The number of tetrazole rings is 1. The summed E-state index contributed by atoms with van der Waals surface area (Å²) in [6, 6.07) is 14.3. The normalized spacial score (nSPS) is 10.7. The first-order valence-electron chi connectivity index (χ1n) is 9.13. The number of halogens is 1. The van der Waals surface area contributed by atoms with Gasteiger partial charge in [0, 0.05) is 28.1 Å². The fourth-order valence-electron chi connectivity index (χ4n) is 2.70. The van der Waals surface area contributed by atoms with Gasteiger partial charge in [0.1, 0.15) is 12.4 Å². The van der Waals surface area contributed by atoms with E-state index in [0.29, 0.717) is 33.8 Å². The topological polar surface area (TPSA) is 94.8 Å². The van der Waals surface area contributed by atoms with Gasteiger partial charge in [0.05, 0.1) is 5.69 Å². The zero-order chi connectivity index (χ0) is 20.9. The number of carbonyl (C=O) groups excluding carboxylic acids is 1. The molecule has 1 amide bonds. The highest BCUT2D eigenvalue weighted by Gasteiger charge is 2.12. The van der Waals surface area contributed by atoms with E-state index >= 15 is 0 Å². The molecular formula is C20H17ClN6O2S. The van der Waals surface area contributed by atoms with Crippen LogP contribution in [0.3, 0.4) is 0 Å². The van der Waals surface area contributed by atoms with Crippen molar-refractivity contribution in [1.29, 1.82) is 0 Å². The Balaban J connectivity index is 1.41. The van der Waals surface area contributed by atoms with E-state index in [4.69, 9.17) is 16.3 Å². The number of rotatable bonds is 7. The van der Waals surface area contributed by atoms with Crippen molar-refractivity contribution in [2.24, 2.45) is 0 Å². The third-order valence-electron chi connectivity index (χ3n) is 4.23. The maximum Gasteiger partial charge on any atom is 0.257 e. The van der Waals surface area contributed by atoms with Crippen LogP contribution in [0.5, 0.6) is 5.75 Å². The lowest BCUT2D eigenvalue weighted by Crippen LogP contribution is -2.12. The molecule has 0 fully saturated rings. The number of ether oxygens (including phenoxy) is 1. The van der Waals surface area contributed by atoms with Gasteiger partial charge in [0.15, 0.2) is 11.0 Å². The quantitative estimate of drug-likeness (QED) is 0.460. The van der Waals surface area contributed by atoms with Crippen molar-refractivity contribution in [3.63, 3.8) is 0 Å². The van der Waals surface area contributed by atoms with Crippen molar-refractivity contribution in [3.05, 3.63) is 70.3 Å². The van der Waals surface area contributed by atoms with Gasteiger partial charge in [-0.3, -0.25) is 10.1 Å². The lowest BCUT2D eigenvalue weighted by atomic mass is 10.2. The molecule has 0 unspecified atom stereocenters. The molecule has 0 spiro atoms. The van der Waals surface area contributed by atoms with Crippen LogP contribution < -0.4 is 10.1 Å². The maximum atomic E-state index is 12.6. The first kappa shape index (κ1) is 20.0. The van der Waals surface area contributed by atoms with Crippen LogP contribution in [0.25, 0.3) is 11.3 Å². The smallest absolute Gasteiger partial charge is 0.257 e. The van der Waals surface area contributed by atoms with Crippen LogP contribution in [-0.4, -0.2) is 31.1 Å². The minimum absolute atomic E-state index is 0.211. The van der Waals surface area contributed by atoms with Crippen LogP contribution in [0.2, 0.25) is 5.02 Å². The van der Waals surface area contributed by atoms with E-state index in [1.54, 1.807) is 41.1 Å². The standard InChI is InChI=1S/C20H17ClN6O2S/c1-2-27-18(24-25-26-27)11-29-16-5-3-4-14(10-16)19(28)23-20-22-17(12-30-20)13-6-8-15(21)9-7-13/h3-10,12H,2,11H2,1H3,(H,22,23,28). The molecule has 30 heavy (non-hydrogen) atoms. The molecule has 10 heteroatoms. The van der Waals surface area contributed by atoms with Crippen molar-refractivity contribution >= 4 is 34.0 Å². The Morgan fingerprint density at radius 1 is 1.23 bits per heavy atom. The van der Waals surface area contributed by atoms with Gasteiger partial charge < -0.3 is 4.74 Å². The zero-order valence-corrected chi connectivity index (χ0v) is 17.5. The summed E-state index contributed by atoms with van der Waals surface area (Å²) in [5.41, 5.74) is 2.17. The van der Waals surface area contributed by atoms with Gasteiger partial charge >= 0.3 is 0 Å². The number of nitrogens with one attached hydrogen (secondary N) is 1. The van der Waals surface area contributed by atoms with Crippen molar-refractivity contribution in [1.82, 2.24) is 25.2 Å². The van der Waals surface area contributed by atoms with Crippen LogP contribution in [0.1, 0.15) is 23.1 Å².